The molecule has 0 radical (unpaired) electrons. The Morgan fingerprint density at radius 1 is 0.471 bits per heavy atom. The summed E-state index contributed by atoms with van der Waals surface area (Å²) >= 11 is 0. The molecule has 7 nitrogen and oxygen atoms in total. The zero-order valence-corrected chi connectivity index (χ0v) is 30.3. The van der Waals surface area contributed by atoms with Crippen molar-refractivity contribution in [1.29, 1.82) is 0 Å². The van der Waals surface area contributed by atoms with Gasteiger partial charge in [-0.2, -0.15) is 0 Å². The van der Waals surface area contributed by atoms with Gasteiger partial charge in [0.1, 0.15) is 34.2 Å². The molecule has 0 saturated carbocycles. The molecule has 1 aromatic heterocycles. The molecule has 4 aromatic carbocycles. The Hall–Kier alpha value is -5.37. The van der Waals surface area contributed by atoms with Gasteiger partial charge in [-0.05, 0) is 125 Å². The number of pyridine rings is 1. The fourth-order valence-electron chi connectivity index (χ4n) is 7.13. The molecule has 0 spiro atoms. The summed E-state index contributed by atoms with van der Waals surface area (Å²) in [5.74, 6) is 4.56. The number of hydrogen-bond donors (Lipinski definition) is 0. The third-order valence-electron chi connectivity index (χ3n) is 11.6. The van der Waals surface area contributed by atoms with Gasteiger partial charge >= 0.3 is 0 Å². The maximum atomic E-state index is 6.61. The lowest BCUT2D eigenvalue weighted by atomic mass is 9.35. The van der Waals surface area contributed by atoms with Crippen LogP contribution in [0.2, 0.25) is 0 Å². The molecule has 0 N–H and O–H groups in total. The van der Waals surface area contributed by atoms with Crippen LogP contribution in [0.1, 0.15) is 66.5 Å². The smallest absolute Gasteiger partial charge is 0.260 e. The van der Waals surface area contributed by atoms with Crippen molar-refractivity contribution in [3.05, 3.63) is 108 Å². The molecule has 0 amide bonds. The topological polar surface area (TPSA) is 74.5 Å². The van der Waals surface area contributed by atoms with Crippen LogP contribution in [0.3, 0.4) is 0 Å². The molecule has 0 aliphatic carbocycles. The van der Waals surface area contributed by atoms with Gasteiger partial charge in [0.05, 0.1) is 16.6 Å². The first-order valence-electron chi connectivity index (χ1n) is 17.6. The van der Waals surface area contributed by atoms with E-state index in [0.717, 1.165) is 72.8 Å². The van der Waals surface area contributed by atoms with Crippen molar-refractivity contribution in [3.8, 4) is 45.3 Å². The summed E-state index contributed by atoms with van der Waals surface area (Å²) in [7, 11) is 0. The molecular weight excluding hydrogens is 633 g/mol. The molecule has 51 heavy (non-hydrogen) atoms. The van der Waals surface area contributed by atoms with Crippen molar-refractivity contribution in [2.75, 3.05) is 0 Å². The summed E-state index contributed by atoms with van der Waals surface area (Å²) in [6.07, 6.45) is 3.69. The minimum atomic E-state index is -0.413. The summed E-state index contributed by atoms with van der Waals surface area (Å²) in [6, 6.07) is 29.5. The Labute approximate surface area is 299 Å². The minimum absolute atomic E-state index is 0.0426. The number of rotatable bonds is 4. The molecule has 0 saturated heterocycles. The molecule has 0 atom stereocenters. The lowest BCUT2D eigenvalue weighted by molar-refractivity contribution is 0.0618. The van der Waals surface area contributed by atoms with Crippen LogP contribution in [0.4, 0.5) is 0 Å². The van der Waals surface area contributed by atoms with Crippen LogP contribution in [-0.4, -0.2) is 45.8 Å². The molecular formula is C43H40BN3O4. The van der Waals surface area contributed by atoms with Gasteiger partial charge in [0, 0.05) is 29.0 Å². The van der Waals surface area contributed by atoms with Crippen LogP contribution >= 0.6 is 0 Å². The lowest BCUT2D eigenvalue weighted by Crippen LogP contribution is -2.57. The monoisotopic (exact) mass is 673 g/mol. The van der Waals surface area contributed by atoms with E-state index in [0.29, 0.717) is 11.8 Å². The van der Waals surface area contributed by atoms with E-state index in [9.17, 15) is 0 Å². The Kier molecular flexibility index (Phi) is 6.55. The summed E-state index contributed by atoms with van der Waals surface area (Å²) < 4.78 is 25.8. The van der Waals surface area contributed by atoms with E-state index in [1.807, 2.05) is 30.6 Å². The number of nitrogens with zero attached hydrogens (tertiary/aromatic N) is 3. The second-order valence-electron chi connectivity index (χ2n) is 16.0. The zero-order chi connectivity index (χ0) is 35.5. The van der Waals surface area contributed by atoms with Crippen LogP contribution in [0.5, 0.6) is 23.0 Å². The Morgan fingerprint density at radius 2 is 0.941 bits per heavy atom. The van der Waals surface area contributed by atoms with E-state index in [4.69, 9.17) is 28.9 Å². The van der Waals surface area contributed by atoms with Gasteiger partial charge in [-0.25, -0.2) is 9.98 Å². The van der Waals surface area contributed by atoms with E-state index in [1.54, 1.807) is 0 Å². The number of fused-ring (bicyclic) bond motifs is 4. The third kappa shape index (κ3) is 4.90. The second kappa shape index (κ2) is 10.6. The molecule has 4 aliphatic heterocycles. The summed E-state index contributed by atoms with van der Waals surface area (Å²) in [5, 5.41) is 0. The fraction of sp³-hybridized carbons (Fsp3) is 0.279. The Morgan fingerprint density at radius 3 is 1.51 bits per heavy atom. The first kappa shape index (κ1) is 31.6. The molecule has 254 valence electrons. The maximum absolute atomic E-state index is 6.61. The SMILES string of the molecule is CC1(C)N=C(c2cccc(-c3ccc4c(c3)Oc3cccc5c3B4c3ccc(-c4cncc(C6=NC(C)(C)C(C)(C)O6)c4)cc3O5)c2)OC1(C)C. The third-order valence-corrected chi connectivity index (χ3v) is 11.6. The van der Waals surface area contributed by atoms with E-state index < -0.39 is 5.60 Å². The van der Waals surface area contributed by atoms with Gasteiger partial charge in [0.2, 0.25) is 11.8 Å². The molecule has 0 fully saturated rings. The first-order valence-corrected chi connectivity index (χ1v) is 17.6. The van der Waals surface area contributed by atoms with Crippen molar-refractivity contribution in [2.24, 2.45) is 9.98 Å². The average Bonchev–Trinajstić information content (AvgIpc) is 3.47. The lowest BCUT2D eigenvalue weighted by Gasteiger charge is -2.33. The minimum Gasteiger partial charge on any atom is -0.469 e. The average molecular weight is 674 g/mol. The van der Waals surface area contributed by atoms with Gasteiger partial charge < -0.3 is 18.9 Å². The largest absolute Gasteiger partial charge is 0.469 e. The quantitative estimate of drug-likeness (QED) is 0.178. The predicted molar refractivity (Wildman–Crippen MR) is 204 cm³/mol. The first-order chi connectivity index (χ1) is 24.2. The Balaban J connectivity index is 1.07. The van der Waals surface area contributed by atoms with Gasteiger partial charge in [-0.3, -0.25) is 4.98 Å². The highest BCUT2D eigenvalue weighted by Gasteiger charge is 2.47. The van der Waals surface area contributed by atoms with Crippen molar-refractivity contribution in [2.45, 2.75) is 77.7 Å². The number of ether oxygens (including phenoxy) is 4. The van der Waals surface area contributed by atoms with Crippen molar-refractivity contribution in [3.63, 3.8) is 0 Å². The molecule has 0 bridgehead atoms. The fourth-order valence-corrected chi connectivity index (χ4v) is 7.13. The Bertz CT molecular complexity index is 2200. The van der Waals surface area contributed by atoms with E-state index >= 15 is 0 Å². The van der Waals surface area contributed by atoms with Gasteiger partial charge in [0.15, 0.2) is 0 Å². The van der Waals surface area contributed by atoms with E-state index in [2.05, 4.69) is 127 Å². The van der Waals surface area contributed by atoms with Gasteiger partial charge in [-0.15, -0.1) is 0 Å². The molecule has 9 rings (SSSR count). The van der Waals surface area contributed by atoms with Crippen molar-refractivity contribution >= 4 is 34.9 Å². The van der Waals surface area contributed by atoms with Crippen LogP contribution < -0.4 is 25.9 Å². The number of benzene rings is 4. The van der Waals surface area contributed by atoms with Gasteiger partial charge in [-0.1, -0.05) is 42.5 Å². The standard InChI is InChI=1S/C43H40BN3O4/c1-40(2)42(5,6)50-38(46-40)28-12-9-11-25(19-28)26-15-17-31-35(21-26)48-33-13-10-14-34-37(33)44(31)32-18-16-27(22-36(32)49-34)29-20-30(24-45-23-29)39-47-41(3,4)43(7,8)51-39/h9-24H,1-8H3. The van der Waals surface area contributed by atoms with Crippen LogP contribution in [0.25, 0.3) is 22.3 Å². The maximum Gasteiger partial charge on any atom is 0.260 e. The number of hydrogen-bond acceptors (Lipinski definition) is 7. The second-order valence-corrected chi connectivity index (χ2v) is 16.0. The van der Waals surface area contributed by atoms with Gasteiger partial charge in [0.25, 0.3) is 6.71 Å². The van der Waals surface area contributed by atoms with Crippen molar-refractivity contribution in [1.82, 2.24) is 4.98 Å². The van der Waals surface area contributed by atoms with E-state index in [1.165, 1.54) is 0 Å². The molecule has 4 aliphatic rings. The summed E-state index contributed by atoms with van der Waals surface area (Å²) in [5.41, 5.74) is 7.70. The van der Waals surface area contributed by atoms with Crippen LogP contribution in [-0.2, 0) is 9.47 Å². The highest BCUT2D eigenvalue weighted by molar-refractivity contribution is 6.98. The molecule has 0 unspecified atom stereocenters. The molecule has 5 heterocycles. The zero-order valence-electron chi connectivity index (χ0n) is 30.3. The molecule has 5 aromatic rings. The molecule has 8 heteroatoms. The van der Waals surface area contributed by atoms with E-state index in [-0.39, 0.29) is 23.4 Å². The van der Waals surface area contributed by atoms with Crippen molar-refractivity contribution < 1.29 is 18.9 Å². The number of aromatic nitrogens is 1. The normalized spacial score (nSPS) is 19.3. The van der Waals surface area contributed by atoms with Crippen LogP contribution in [0, 0.1) is 0 Å². The summed E-state index contributed by atoms with van der Waals surface area (Å²) in [4.78, 5) is 14.4. The predicted octanol–water partition coefficient (Wildman–Crippen LogP) is 7.81. The van der Waals surface area contributed by atoms with Crippen LogP contribution in [0.15, 0.2) is 107 Å². The number of aliphatic imine (C=N–C) groups is 2. The summed E-state index contributed by atoms with van der Waals surface area (Å²) in [6.45, 7) is 16.7. The highest BCUT2D eigenvalue weighted by atomic mass is 16.5. The highest BCUT2D eigenvalue weighted by Crippen LogP contribution is 2.40.